The highest BCUT2D eigenvalue weighted by Gasteiger charge is 2.16. The van der Waals surface area contributed by atoms with Crippen molar-refractivity contribution in [2.45, 2.75) is 64.5 Å². The van der Waals surface area contributed by atoms with E-state index in [4.69, 9.17) is 4.74 Å². The summed E-state index contributed by atoms with van der Waals surface area (Å²) >= 11 is 0. The number of nitrogens with one attached hydrogen (secondary N) is 1. The first-order valence-electron chi connectivity index (χ1n) is 7.72. The van der Waals surface area contributed by atoms with E-state index < -0.39 is 0 Å². The second kappa shape index (κ2) is 9.76. The molecular weight excluding hydrogens is 224 g/mol. The summed E-state index contributed by atoms with van der Waals surface area (Å²) in [7, 11) is 2.20. The molecule has 1 heterocycles. The smallest absolute Gasteiger partial charge is 0.0599 e. The zero-order valence-corrected chi connectivity index (χ0v) is 12.6. The largest absolute Gasteiger partial charge is 0.378 e. The highest BCUT2D eigenvalue weighted by Crippen LogP contribution is 2.12. The molecule has 0 saturated carbocycles. The van der Waals surface area contributed by atoms with Gasteiger partial charge in [0.25, 0.3) is 0 Å². The van der Waals surface area contributed by atoms with E-state index in [1.54, 1.807) is 0 Å². The maximum absolute atomic E-state index is 5.93. The summed E-state index contributed by atoms with van der Waals surface area (Å²) in [5, 5.41) is 3.46. The fraction of sp³-hybridized carbons (Fsp3) is 1.00. The van der Waals surface area contributed by atoms with Crippen LogP contribution in [0.5, 0.6) is 0 Å². The van der Waals surface area contributed by atoms with Gasteiger partial charge in [0.2, 0.25) is 0 Å². The van der Waals surface area contributed by atoms with E-state index in [9.17, 15) is 0 Å². The third-order valence-corrected chi connectivity index (χ3v) is 3.64. The molecule has 108 valence electrons. The fourth-order valence-electron chi connectivity index (χ4n) is 2.37. The van der Waals surface area contributed by atoms with Crippen molar-refractivity contribution in [1.29, 1.82) is 0 Å². The standard InChI is InChI=1S/C15H32N2O/c1-14(2)16-10-6-4-5-7-13-18-15-8-11-17(3)12-9-15/h14-16H,4-13H2,1-3H3. The van der Waals surface area contributed by atoms with Gasteiger partial charge in [0, 0.05) is 25.7 Å². The Bertz CT molecular complexity index is 189. The van der Waals surface area contributed by atoms with E-state index in [1.165, 1.54) is 51.6 Å². The van der Waals surface area contributed by atoms with Crippen LogP contribution in [0.4, 0.5) is 0 Å². The first kappa shape index (κ1) is 15.9. The molecular formula is C15H32N2O. The monoisotopic (exact) mass is 256 g/mol. The van der Waals surface area contributed by atoms with E-state index in [1.807, 2.05) is 0 Å². The van der Waals surface area contributed by atoms with Gasteiger partial charge in [0.15, 0.2) is 0 Å². The maximum Gasteiger partial charge on any atom is 0.0599 e. The molecule has 0 amide bonds. The second-order valence-electron chi connectivity index (χ2n) is 5.90. The lowest BCUT2D eigenvalue weighted by Crippen LogP contribution is -2.34. The van der Waals surface area contributed by atoms with Crippen molar-refractivity contribution in [3.63, 3.8) is 0 Å². The Morgan fingerprint density at radius 2 is 1.78 bits per heavy atom. The SMILES string of the molecule is CC(C)NCCCCCCOC1CCN(C)CC1. The van der Waals surface area contributed by atoms with Crippen molar-refractivity contribution in [3.8, 4) is 0 Å². The summed E-state index contributed by atoms with van der Waals surface area (Å²) in [6, 6.07) is 0.623. The average Bonchev–Trinajstić information content (AvgIpc) is 2.34. The normalized spacial score (nSPS) is 18.7. The van der Waals surface area contributed by atoms with Crippen molar-refractivity contribution >= 4 is 0 Å². The topological polar surface area (TPSA) is 24.5 Å². The third-order valence-electron chi connectivity index (χ3n) is 3.64. The van der Waals surface area contributed by atoms with E-state index in [0.29, 0.717) is 12.1 Å². The Morgan fingerprint density at radius 3 is 2.44 bits per heavy atom. The number of unbranched alkanes of at least 4 members (excludes halogenated alkanes) is 3. The van der Waals surface area contributed by atoms with Crippen molar-refractivity contribution in [2.75, 3.05) is 33.3 Å². The Kier molecular flexibility index (Phi) is 8.64. The summed E-state index contributed by atoms with van der Waals surface area (Å²) < 4.78 is 5.93. The number of hydrogen-bond donors (Lipinski definition) is 1. The first-order valence-corrected chi connectivity index (χ1v) is 7.72. The van der Waals surface area contributed by atoms with Gasteiger partial charge in [-0.05, 0) is 39.3 Å². The van der Waals surface area contributed by atoms with Gasteiger partial charge in [-0.2, -0.15) is 0 Å². The summed E-state index contributed by atoms with van der Waals surface area (Å²) in [5.74, 6) is 0. The third kappa shape index (κ3) is 8.06. The Hall–Kier alpha value is -0.120. The molecule has 0 aromatic heterocycles. The lowest BCUT2D eigenvalue weighted by Gasteiger charge is -2.28. The highest BCUT2D eigenvalue weighted by molar-refractivity contribution is 4.69. The summed E-state index contributed by atoms with van der Waals surface area (Å²) in [5.41, 5.74) is 0. The quantitative estimate of drug-likeness (QED) is 0.642. The minimum Gasteiger partial charge on any atom is -0.378 e. The van der Waals surface area contributed by atoms with Gasteiger partial charge in [-0.15, -0.1) is 0 Å². The molecule has 3 nitrogen and oxygen atoms in total. The first-order chi connectivity index (χ1) is 8.68. The molecule has 1 aliphatic rings. The van der Waals surface area contributed by atoms with Crippen LogP contribution in [-0.2, 0) is 4.74 Å². The summed E-state index contributed by atoms with van der Waals surface area (Å²) in [6.45, 7) is 8.93. The highest BCUT2D eigenvalue weighted by atomic mass is 16.5. The van der Waals surface area contributed by atoms with Crippen molar-refractivity contribution in [1.82, 2.24) is 10.2 Å². The minimum absolute atomic E-state index is 0.531. The molecule has 0 aromatic carbocycles. The van der Waals surface area contributed by atoms with Gasteiger partial charge >= 0.3 is 0 Å². The van der Waals surface area contributed by atoms with Crippen LogP contribution in [0.25, 0.3) is 0 Å². The van der Waals surface area contributed by atoms with Gasteiger partial charge in [-0.3, -0.25) is 0 Å². The van der Waals surface area contributed by atoms with Crippen LogP contribution >= 0.6 is 0 Å². The van der Waals surface area contributed by atoms with Crippen LogP contribution in [0.3, 0.4) is 0 Å². The number of piperidine rings is 1. The molecule has 0 bridgehead atoms. The van der Waals surface area contributed by atoms with Crippen LogP contribution in [0.1, 0.15) is 52.4 Å². The molecule has 1 N–H and O–H groups in total. The van der Waals surface area contributed by atoms with Gasteiger partial charge < -0.3 is 15.0 Å². The summed E-state index contributed by atoms with van der Waals surface area (Å²) in [4.78, 5) is 2.39. The Balaban J connectivity index is 1.81. The van der Waals surface area contributed by atoms with E-state index in [2.05, 4.69) is 31.1 Å². The van der Waals surface area contributed by atoms with Crippen LogP contribution in [0, 0.1) is 0 Å². The number of ether oxygens (including phenoxy) is 1. The molecule has 0 aromatic rings. The molecule has 1 fully saturated rings. The maximum atomic E-state index is 5.93. The Labute approximate surface area is 113 Å². The van der Waals surface area contributed by atoms with Crippen LogP contribution in [0.15, 0.2) is 0 Å². The lowest BCUT2D eigenvalue weighted by atomic mass is 10.1. The van der Waals surface area contributed by atoms with Gasteiger partial charge in [0.05, 0.1) is 6.10 Å². The zero-order valence-electron chi connectivity index (χ0n) is 12.6. The number of hydrogen-bond acceptors (Lipinski definition) is 3. The molecule has 1 saturated heterocycles. The van der Waals surface area contributed by atoms with E-state index in [-0.39, 0.29) is 0 Å². The molecule has 3 heteroatoms. The van der Waals surface area contributed by atoms with Crippen molar-refractivity contribution < 1.29 is 4.74 Å². The van der Waals surface area contributed by atoms with Crippen LogP contribution in [0.2, 0.25) is 0 Å². The Morgan fingerprint density at radius 1 is 1.11 bits per heavy atom. The summed E-state index contributed by atoms with van der Waals surface area (Å²) in [6.07, 6.45) is 8.14. The molecule has 0 aliphatic carbocycles. The molecule has 0 unspecified atom stereocenters. The number of likely N-dealkylation sites (tertiary alicyclic amines) is 1. The van der Waals surface area contributed by atoms with Crippen LogP contribution in [-0.4, -0.2) is 50.3 Å². The van der Waals surface area contributed by atoms with Crippen molar-refractivity contribution in [3.05, 3.63) is 0 Å². The van der Waals surface area contributed by atoms with Gasteiger partial charge in [-0.25, -0.2) is 0 Å². The zero-order chi connectivity index (χ0) is 13.2. The number of rotatable bonds is 9. The number of nitrogens with zero attached hydrogens (tertiary/aromatic N) is 1. The minimum atomic E-state index is 0.531. The molecule has 18 heavy (non-hydrogen) atoms. The van der Waals surface area contributed by atoms with Gasteiger partial charge in [0.1, 0.15) is 0 Å². The molecule has 1 aliphatic heterocycles. The van der Waals surface area contributed by atoms with Crippen molar-refractivity contribution in [2.24, 2.45) is 0 Å². The molecule has 0 radical (unpaired) electrons. The van der Waals surface area contributed by atoms with Gasteiger partial charge in [-0.1, -0.05) is 26.7 Å². The van der Waals surface area contributed by atoms with Crippen LogP contribution < -0.4 is 5.32 Å². The molecule has 0 spiro atoms. The predicted molar refractivity (Wildman–Crippen MR) is 78.1 cm³/mol. The molecule has 0 atom stereocenters. The molecule has 1 rings (SSSR count). The van der Waals surface area contributed by atoms with E-state index >= 15 is 0 Å². The second-order valence-corrected chi connectivity index (χ2v) is 5.90. The lowest BCUT2D eigenvalue weighted by molar-refractivity contribution is 0.0107. The van der Waals surface area contributed by atoms with E-state index in [0.717, 1.165) is 13.2 Å². The fourth-order valence-corrected chi connectivity index (χ4v) is 2.37. The predicted octanol–water partition coefficient (Wildman–Crippen LogP) is 2.66. The average molecular weight is 256 g/mol.